The Labute approximate surface area is 107 Å². The molecule has 1 rings (SSSR count). The lowest BCUT2D eigenvalue weighted by molar-refractivity contribution is -0.138. The van der Waals surface area contributed by atoms with E-state index in [2.05, 4.69) is 15.9 Å². The van der Waals surface area contributed by atoms with Gasteiger partial charge in [-0.05, 0) is 22.0 Å². The summed E-state index contributed by atoms with van der Waals surface area (Å²) in [7, 11) is 0. The largest absolute Gasteiger partial charge is 0.417 e. The third kappa shape index (κ3) is 2.93. The molecule has 0 atom stereocenters. The molecule has 84 valence electrons. The van der Waals surface area contributed by atoms with E-state index in [1.807, 2.05) is 0 Å². The summed E-state index contributed by atoms with van der Waals surface area (Å²) in [5, 5.41) is -0.125. The fraction of sp³-hybridized carbons (Fsp3) is 0.250. The Bertz CT molecular complexity index is 376. The molecule has 0 N–H and O–H groups in total. The van der Waals surface area contributed by atoms with Crippen LogP contribution in [0.5, 0.6) is 0 Å². The second-order valence-electron chi connectivity index (χ2n) is 2.63. The number of alkyl halides is 5. The summed E-state index contributed by atoms with van der Waals surface area (Å²) < 4.78 is 37.0. The van der Waals surface area contributed by atoms with Crippen molar-refractivity contribution in [2.24, 2.45) is 0 Å². The molecule has 7 heteroatoms. The highest BCUT2D eigenvalue weighted by atomic mass is 79.9. The van der Waals surface area contributed by atoms with E-state index in [1.165, 1.54) is 0 Å². The smallest absolute Gasteiger partial charge is 0.166 e. The van der Waals surface area contributed by atoms with Crippen LogP contribution in [0.3, 0.4) is 0 Å². The van der Waals surface area contributed by atoms with Crippen molar-refractivity contribution >= 4 is 50.7 Å². The van der Waals surface area contributed by atoms with E-state index in [-0.39, 0.29) is 15.1 Å². The first-order valence-corrected chi connectivity index (χ1v) is 5.62. The molecule has 0 amide bonds. The van der Waals surface area contributed by atoms with E-state index < -0.39 is 16.6 Å². The first-order chi connectivity index (χ1) is 6.75. The van der Waals surface area contributed by atoms with Gasteiger partial charge in [-0.25, -0.2) is 0 Å². The van der Waals surface area contributed by atoms with E-state index in [9.17, 15) is 13.2 Å². The Hall–Kier alpha value is 0.360. The van der Waals surface area contributed by atoms with Gasteiger partial charge in [0.05, 0.1) is 10.6 Å². The van der Waals surface area contributed by atoms with Crippen molar-refractivity contribution in [2.45, 2.75) is 11.0 Å². The van der Waals surface area contributed by atoms with Gasteiger partial charge in [0.2, 0.25) is 0 Å². The molecule has 0 fully saturated rings. The average molecular weight is 342 g/mol. The fourth-order valence-electron chi connectivity index (χ4n) is 0.952. The summed E-state index contributed by atoms with van der Waals surface area (Å²) in [6.45, 7) is 0. The van der Waals surface area contributed by atoms with Gasteiger partial charge in [0.1, 0.15) is 4.84 Å². The number of halogens is 7. The third-order valence-corrected chi connectivity index (χ3v) is 3.58. The van der Waals surface area contributed by atoms with Crippen LogP contribution in [0.4, 0.5) is 13.2 Å². The SMILES string of the molecule is FC(F)(F)c1ccc(C(Cl)Cl)c(Cl)c1Br. The minimum Gasteiger partial charge on any atom is -0.166 e. The highest BCUT2D eigenvalue weighted by Crippen LogP contribution is 2.42. The number of hydrogen-bond donors (Lipinski definition) is 0. The van der Waals surface area contributed by atoms with Gasteiger partial charge in [-0.3, -0.25) is 0 Å². The lowest BCUT2D eigenvalue weighted by atomic mass is 10.1. The van der Waals surface area contributed by atoms with Gasteiger partial charge in [-0.15, -0.1) is 23.2 Å². The molecule has 0 aromatic heterocycles. The monoisotopic (exact) mass is 340 g/mol. The topological polar surface area (TPSA) is 0 Å². The van der Waals surface area contributed by atoms with Gasteiger partial charge < -0.3 is 0 Å². The van der Waals surface area contributed by atoms with Crippen molar-refractivity contribution in [3.63, 3.8) is 0 Å². The van der Waals surface area contributed by atoms with Crippen LogP contribution in [0.15, 0.2) is 16.6 Å². The van der Waals surface area contributed by atoms with Crippen LogP contribution in [-0.4, -0.2) is 0 Å². The standard InChI is InChI=1S/C8H3BrCl3F3/c9-5-4(8(13,14)15)2-1-3(6(5)10)7(11)12/h1-2,7H. The van der Waals surface area contributed by atoms with Crippen LogP contribution < -0.4 is 0 Å². The normalized spacial score (nSPS) is 12.3. The summed E-state index contributed by atoms with van der Waals surface area (Å²) in [6, 6.07) is 2.03. The van der Waals surface area contributed by atoms with Gasteiger partial charge in [-0.1, -0.05) is 17.7 Å². The number of benzene rings is 1. The van der Waals surface area contributed by atoms with Gasteiger partial charge >= 0.3 is 6.18 Å². The fourth-order valence-corrected chi connectivity index (χ4v) is 2.29. The van der Waals surface area contributed by atoms with Crippen molar-refractivity contribution in [2.75, 3.05) is 0 Å². The van der Waals surface area contributed by atoms with Crippen molar-refractivity contribution in [1.29, 1.82) is 0 Å². The van der Waals surface area contributed by atoms with Crippen LogP contribution >= 0.6 is 50.7 Å². The first-order valence-electron chi connectivity index (χ1n) is 3.58. The molecule has 1 aromatic carbocycles. The van der Waals surface area contributed by atoms with Crippen LogP contribution in [-0.2, 0) is 6.18 Å². The van der Waals surface area contributed by atoms with Gasteiger partial charge in [0.15, 0.2) is 0 Å². The molecule has 0 radical (unpaired) electrons. The van der Waals surface area contributed by atoms with Crippen LogP contribution in [0, 0.1) is 0 Å². The molecular formula is C8H3BrCl3F3. The Morgan fingerprint density at radius 1 is 1.20 bits per heavy atom. The predicted octanol–water partition coefficient (Wildman–Crippen LogP) is 5.60. The number of hydrogen-bond acceptors (Lipinski definition) is 0. The summed E-state index contributed by atoms with van der Waals surface area (Å²) in [4.78, 5) is -0.962. The summed E-state index contributed by atoms with van der Waals surface area (Å²) in [5.41, 5.74) is -0.620. The molecular weight excluding hydrogens is 339 g/mol. The molecule has 0 unspecified atom stereocenters. The van der Waals surface area contributed by atoms with Crippen molar-refractivity contribution < 1.29 is 13.2 Å². The van der Waals surface area contributed by atoms with Crippen LogP contribution in [0.25, 0.3) is 0 Å². The molecule has 0 heterocycles. The maximum atomic E-state index is 12.4. The molecule has 0 aliphatic carbocycles. The van der Waals surface area contributed by atoms with Gasteiger partial charge in [-0.2, -0.15) is 13.2 Å². The number of rotatable bonds is 1. The highest BCUT2D eigenvalue weighted by molar-refractivity contribution is 9.10. The van der Waals surface area contributed by atoms with Gasteiger partial charge in [0.25, 0.3) is 0 Å². The van der Waals surface area contributed by atoms with Gasteiger partial charge in [0, 0.05) is 10.0 Å². The predicted molar refractivity (Wildman–Crippen MR) is 58.6 cm³/mol. The molecule has 0 saturated heterocycles. The molecule has 0 spiro atoms. The molecule has 15 heavy (non-hydrogen) atoms. The Morgan fingerprint density at radius 2 is 1.73 bits per heavy atom. The average Bonchev–Trinajstić information content (AvgIpc) is 2.06. The second-order valence-corrected chi connectivity index (χ2v) is 4.90. The van der Waals surface area contributed by atoms with Crippen LogP contribution in [0.2, 0.25) is 5.02 Å². The lowest BCUT2D eigenvalue weighted by Crippen LogP contribution is -2.06. The Balaban J connectivity index is 3.34. The molecule has 1 aromatic rings. The Kier molecular flexibility index (Phi) is 4.20. The Morgan fingerprint density at radius 3 is 2.13 bits per heavy atom. The molecule has 0 nitrogen and oxygen atoms in total. The summed E-state index contributed by atoms with van der Waals surface area (Å²) >= 11 is 19.5. The quantitative estimate of drug-likeness (QED) is 0.583. The zero-order valence-electron chi connectivity index (χ0n) is 6.88. The molecule has 0 saturated carbocycles. The van der Waals surface area contributed by atoms with Crippen LogP contribution in [0.1, 0.15) is 16.0 Å². The maximum absolute atomic E-state index is 12.4. The van der Waals surface area contributed by atoms with E-state index >= 15 is 0 Å². The minimum absolute atomic E-state index is 0.125. The molecule has 0 bridgehead atoms. The molecule has 0 aliphatic rings. The second kappa shape index (κ2) is 4.70. The van der Waals surface area contributed by atoms with Crippen molar-refractivity contribution in [3.8, 4) is 0 Å². The zero-order valence-corrected chi connectivity index (χ0v) is 10.7. The maximum Gasteiger partial charge on any atom is 0.417 e. The zero-order chi connectivity index (χ0) is 11.8. The first kappa shape index (κ1) is 13.4. The summed E-state index contributed by atoms with van der Waals surface area (Å²) in [6.07, 6.45) is -4.46. The van der Waals surface area contributed by atoms with E-state index in [1.54, 1.807) is 0 Å². The van der Waals surface area contributed by atoms with E-state index in [4.69, 9.17) is 34.8 Å². The lowest BCUT2D eigenvalue weighted by Gasteiger charge is -2.13. The minimum atomic E-state index is -4.46. The van der Waals surface area contributed by atoms with E-state index in [0.717, 1.165) is 12.1 Å². The van der Waals surface area contributed by atoms with Crippen molar-refractivity contribution in [3.05, 3.63) is 32.8 Å². The van der Waals surface area contributed by atoms with E-state index in [0.29, 0.717) is 0 Å². The van der Waals surface area contributed by atoms with Crippen molar-refractivity contribution in [1.82, 2.24) is 0 Å². The summed E-state index contributed by atoms with van der Waals surface area (Å²) in [5.74, 6) is 0. The highest BCUT2D eigenvalue weighted by Gasteiger charge is 2.34. The molecule has 0 aliphatic heterocycles. The third-order valence-electron chi connectivity index (χ3n) is 1.65.